The minimum Gasteiger partial charge on any atom is -0.359 e. The Bertz CT molecular complexity index is 814. The van der Waals surface area contributed by atoms with Gasteiger partial charge in [0, 0.05) is 30.7 Å². The van der Waals surface area contributed by atoms with Crippen molar-refractivity contribution in [1.82, 2.24) is 15.1 Å². The maximum absolute atomic E-state index is 4.34. The molecule has 0 spiro atoms. The zero-order chi connectivity index (χ0) is 18.1. The quantitative estimate of drug-likeness (QED) is 0.793. The lowest BCUT2D eigenvalue weighted by atomic mass is 10.1. The number of nitrogens with one attached hydrogen (secondary N) is 2. The minimum absolute atomic E-state index is 0.808. The fraction of sp³-hybridized carbons (Fsp3) is 0.300. The molecule has 2 N–H and O–H groups in total. The summed E-state index contributed by atoms with van der Waals surface area (Å²) in [6.07, 6.45) is 0. The van der Waals surface area contributed by atoms with Gasteiger partial charge in [-0.15, -0.1) is 0 Å². The third-order valence-corrected chi connectivity index (χ3v) is 5.48. The van der Waals surface area contributed by atoms with Gasteiger partial charge in [0.1, 0.15) is 5.82 Å². The first-order chi connectivity index (χ1) is 12.6. The second-order valence-corrected chi connectivity index (χ2v) is 7.76. The first-order valence-corrected chi connectivity index (χ1v) is 9.70. The van der Waals surface area contributed by atoms with Crippen LogP contribution in [0.5, 0.6) is 0 Å². The number of anilines is 4. The molecular formula is C20H24BrN5. The molecule has 0 aliphatic carbocycles. The second kappa shape index (κ2) is 7.31. The Morgan fingerprint density at radius 2 is 1.81 bits per heavy atom. The van der Waals surface area contributed by atoms with Crippen LogP contribution in [0.1, 0.15) is 0 Å². The largest absolute Gasteiger partial charge is 0.359 e. The van der Waals surface area contributed by atoms with Crippen molar-refractivity contribution in [2.45, 2.75) is 0 Å². The van der Waals surface area contributed by atoms with E-state index >= 15 is 0 Å². The first kappa shape index (κ1) is 17.4. The molecule has 0 amide bonds. The van der Waals surface area contributed by atoms with Crippen LogP contribution in [0.3, 0.4) is 0 Å². The Morgan fingerprint density at radius 1 is 1.08 bits per heavy atom. The number of piperazine rings is 1. The lowest BCUT2D eigenvalue weighted by Crippen LogP contribution is -2.48. The predicted molar refractivity (Wildman–Crippen MR) is 112 cm³/mol. The molecule has 26 heavy (non-hydrogen) atoms. The van der Waals surface area contributed by atoms with Gasteiger partial charge in [-0.05, 0) is 37.4 Å². The van der Waals surface area contributed by atoms with Crippen molar-refractivity contribution in [3.05, 3.63) is 59.3 Å². The number of hydrogen-bond acceptors (Lipinski definition) is 5. The van der Waals surface area contributed by atoms with Crippen LogP contribution >= 0.6 is 15.9 Å². The molecule has 0 unspecified atom stereocenters. The van der Waals surface area contributed by atoms with Crippen LogP contribution in [0.15, 0.2) is 59.3 Å². The van der Waals surface area contributed by atoms with Crippen LogP contribution in [0, 0.1) is 0 Å². The summed E-state index contributed by atoms with van der Waals surface area (Å²) < 4.78 is 1.05. The summed E-state index contributed by atoms with van der Waals surface area (Å²) in [5, 5.41) is 7.05. The Kier molecular flexibility index (Phi) is 4.89. The molecule has 2 aromatic carbocycles. The standard InChI is InChI=1S/C20H24BrN5/c1-15(22-14-25-11-9-24(2)10-12-25)26-19-6-4-3-5-17(19)23-18-8-7-16(21)13-20(18)26/h3-8,13,22-23H,1,9-12,14H2,2H3. The van der Waals surface area contributed by atoms with E-state index in [4.69, 9.17) is 0 Å². The fourth-order valence-corrected chi connectivity index (χ4v) is 3.77. The molecule has 0 bridgehead atoms. The Morgan fingerprint density at radius 3 is 2.62 bits per heavy atom. The summed E-state index contributed by atoms with van der Waals surface area (Å²) in [4.78, 5) is 6.99. The third kappa shape index (κ3) is 3.45. The molecule has 2 aliphatic rings. The van der Waals surface area contributed by atoms with Crippen molar-refractivity contribution in [3.63, 3.8) is 0 Å². The highest BCUT2D eigenvalue weighted by atomic mass is 79.9. The van der Waals surface area contributed by atoms with E-state index < -0.39 is 0 Å². The van der Waals surface area contributed by atoms with E-state index in [-0.39, 0.29) is 0 Å². The molecule has 1 saturated heterocycles. The summed E-state index contributed by atoms with van der Waals surface area (Å²) in [6, 6.07) is 14.6. The van der Waals surface area contributed by atoms with Crippen molar-refractivity contribution >= 4 is 38.7 Å². The van der Waals surface area contributed by atoms with Gasteiger partial charge < -0.3 is 15.5 Å². The highest BCUT2D eigenvalue weighted by molar-refractivity contribution is 9.10. The summed E-state index contributed by atoms with van der Waals surface area (Å²) >= 11 is 3.60. The molecule has 5 nitrogen and oxygen atoms in total. The summed E-state index contributed by atoms with van der Waals surface area (Å²) in [6.45, 7) is 9.53. The molecule has 2 aliphatic heterocycles. The van der Waals surface area contributed by atoms with Gasteiger partial charge in [-0.2, -0.15) is 0 Å². The normalized spacial score (nSPS) is 17.2. The van der Waals surface area contributed by atoms with Gasteiger partial charge in [-0.1, -0.05) is 34.6 Å². The van der Waals surface area contributed by atoms with Crippen molar-refractivity contribution < 1.29 is 0 Å². The second-order valence-electron chi connectivity index (χ2n) is 6.84. The Balaban J connectivity index is 1.57. The molecule has 4 rings (SSSR count). The first-order valence-electron chi connectivity index (χ1n) is 8.91. The number of rotatable bonds is 4. The zero-order valence-corrected chi connectivity index (χ0v) is 16.6. The van der Waals surface area contributed by atoms with E-state index in [2.05, 4.69) is 91.3 Å². The monoisotopic (exact) mass is 413 g/mol. The molecule has 0 aromatic heterocycles. The number of nitrogens with zero attached hydrogens (tertiary/aromatic N) is 3. The third-order valence-electron chi connectivity index (χ3n) is 4.99. The molecule has 0 saturated carbocycles. The van der Waals surface area contributed by atoms with E-state index in [1.54, 1.807) is 0 Å². The Labute approximate surface area is 163 Å². The minimum atomic E-state index is 0.808. The number of benzene rings is 2. The van der Waals surface area contributed by atoms with Crippen LogP contribution in [-0.4, -0.2) is 49.7 Å². The van der Waals surface area contributed by atoms with Crippen LogP contribution < -0.4 is 15.5 Å². The number of para-hydroxylation sites is 2. The summed E-state index contributed by atoms with van der Waals surface area (Å²) in [5.74, 6) is 0.886. The van der Waals surface area contributed by atoms with E-state index in [9.17, 15) is 0 Å². The molecule has 6 heteroatoms. The number of halogens is 1. The molecule has 1 fully saturated rings. The maximum atomic E-state index is 4.34. The van der Waals surface area contributed by atoms with Gasteiger partial charge >= 0.3 is 0 Å². The molecule has 2 heterocycles. The van der Waals surface area contributed by atoms with E-state index in [0.29, 0.717) is 0 Å². The van der Waals surface area contributed by atoms with E-state index in [1.807, 2.05) is 6.07 Å². The summed E-state index contributed by atoms with van der Waals surface area (Å²) in [7, 11) is 2.18. The van der Waals surface area contributed by atoms with Crippen LogP contribution in [-0.2, 0) is 0 Å². The lowest BCUT2D eigenvalue weighted by Gasteiger charge is -2.37. The number of likely N-dealkylation sites (N-methyl/N-ethyl adjacent to an activating group) is 1. The van der Waals surface area contributed by atoms with Gasteiger partial charge in [0.2, 0.25) is 0 Å². The van der Waals surface area contributed by atoms with Crippen LogP contribution in [0.2, 0.25) is 0 Å². The highest BCUT2D eigenvalue weighted by Gasteiger charge is 2.25. The average Bonchev–Trinajstić information content (AvgIpc) is 2.65. The lowest BCUT2D eigenvalue weighted by molar-refractivity contribution is 0.148. The van der Waals surface area contributed by atoms with Crippen molar-refractivity contribution in [2.24, 2.45) is 0 Å². The Hall–Kier alpha value is -2.02. The fourth-order valence-electron chi connectivity index (χ4n) is 3.42. The van der Waals surface area contributed by atoms with Crippen molar-refractivity contribution in [2.75, 3.05) is 50.1 Å². The molecule has 0 radical (unpaired) electrons. The SMILES string of the molecule is C=C(NCN1CCN(C)CC1)N1c2ccccc2Nc2ccc(Br)cc21. The average molecular weight is 414 g/mol. The van der Waals surface area contributed by atoms with Gasteiger partial charge in [0.05, 0.1) is 29.4 Å². The van der Waals surface area contributed by atoms with Gasteiger partial charge in [-0.3, -0.25) is 9.80 Å². The molecule has 2 aromatic rings. The van der Waals surface area contributed by atoms with Crippen LogP contribution in [0.25, 0.3) is 0 Å². The van der Waals surface area contributed by atoms with Crippen molar-refractivity contribution in [1.29, 1.82) is 0 Å². The van der Waals surface area contributed by atoms with Gasteiger partial charge in [0.15, 0.2) is 0 Å². The molecule has 0 atom stereocenters. The zero-order valence-electron chi connectivity index (χ0n) is 15.0. The smallest absolute Gasteiger partial charge is 0.104 e. The van der Waals surface area contributed by atoms with E-state index in [1.165, 1.54) is 0 Å². The topological polar surface area (TPSA) is 33.8 Å². The van der Waals surface area contributed by atoms with E-state index in [0.717, 1.165) is 65.9 Å². The number of hydrogen-bond donors (Lipinski definition) is 2. The van der Waals surface area contributed by atoms with Crippen LogP contribution in [0.4, 0.5) is 22.7 Å². The molecule has 136 valence electrons. The van der Waals surface area contributed by atoms with Gasteiger partial charge in [-0.25, -0.2) is 0 Å². The maximum Gasteiger partial charge on any atom is 0.104 e. The molecular weight excluding hydrogens is 390 g/mol. The predicted octanol–water partition coefficient (Wildman–Crippen LogP) is 3.91. The summed E-state index contributed by atoms with van der Waals surface area (Å²) in [5.41, 5.74) is 4.36. The highest BCUT2D eigenvalue weighted by Crippen LogP contribution is 2.45. The number of fused-ring (bicyclic) bond motifs is 2. The van der Waals surface area contributed by atoms with Gasteiger partial charge in [0.25, 0.3) is 0 Å². The van der Waals surface area contributed by atoms with Crippen molar-refractivity contribution in [3.8, 4) is 0 Å².